The minimum absolute atomic E-state index is 0.210. The Balaban J connectivity index is 2.26. The van der Waals surface area contributed by atoms with Crippen molar-refractivity contribution in [3.63, 3.8) is 0 Å². The van der Waals surface area contributed by atoms with Crippen LogP contribution in [0.1, 0.15) is 69.4 Å². The van der Waals surface area contributed by atoms with Gasteiger partial charge in [-0.3, -0.25) is 9.11 Å². The third-order valence-electron chi connectivity index (χ3n) is 7.16. The molecule has 2 aromatic rings. The van der Waals surface area contributed by atoms with Crippen molar-refractivity contribution in [2.24, 2.45) is 5.41 Å². The highest BCUT2D eigenvalue weighted by atomic mass is 32.3. The first kappa shape index (κ1) is 25.9. The molecule has 33 heavy (non-hydrogen) atoms. The molecule has 1 aliphatic rings. The van der Waals surface area contributed by atoms with Gasteiger partial charge in [-0.2, -0.15) is 10.6 Å². The van der Waals surface area contributed by atoms with Crippen molar-refractivity contribution in [3.8, 4) is 5.75 Å². The van der Waals surface area contributed by atoms with Gasteiger partial charge in [0.15, 0.2) is 0 Å². The molecule has 0 amide bonds. The van der Waals surface area contributed by atoms with Crippen molar-refractivity contribution in [2.75, 3.05) is 31.9 Å². The van der Waals surface area contributed by atoms with E-state index in [1.807, 2.05) is 61.5 Å². The SMILES string of the molecule is CCCCC1(CCCC)CS(O)(O)c2ccc(N(C)C)cc2C(c2ccc(OC)cc2)C1O. The van der Waals surface area contributed by atoms with Gasteiger partial charge >= 0.3 is 0 Å². The highest BCUT2D eigenvalue weighted by Crippen LogP contribution is 2.62. The molecule has 0 saturated carbocycles. The lowest BCUT2D eigenvalue weighted by Gasteiger charge is -2.44. The fourth-order valence-corrected chi connectivity index (χ4v) is 7.50. The Morgan fingerprint density at radius 3 is 2.12 bits per heavy atom. The van der Waals surface area contributed by atoms with Gasteiger partial charge in [0, 0.05) is 31.1 Å². The maximum Gasteiger partial charge on any atom is 0.118 e. The summed E-state index contributed by atoms with van der Waals surface area (Å²) in [5.74, 6) is 0.618. The molecule has 2 aromatic carbocycles. The van der Waals surface area contributed by atoms with Crippen molar-refractivity contribution in [1.82, 2.24) is 0 Å². The summed E-state index contributed by atoms with van der Waals surface area (Å²) in [6.45, 7) is 4.29. The van der Waals surface area contributed by atoms with E-state index in [0.29, 0.717) is 4.90 Å². The van der Waals surface area contributed by atoms with Crippen LogP contribution in [0.5, 0.6) is 5.75 Å². The monoisotopic (exact) mass is 475 g/mol. The molecule has 0 fully saturated rings. The van der Waals surface area contributed by atoms with E-state index in [4.69, 9.17) is 4.74 Å². The summed E-state index contributed by atoms with van der Waals surface area (Å²) in [6, 6.07) is 13.7. The van der Waals surface area contributed by atoms with Crippen LogP contribution in [-0.2, 0) is 0 Å². The Labute approximate surface area is 201 Å². The minimum Gasteiger partial charge on any atom is -0.497 e. The molecule has 1 aliphatic heterocycles. The van der Waals surface area contributed by atoms with Crippen molar-refractivity contribution >= 4 is 16.3 Å². The van der Waals surface area contributed by atoms with Gasteiger partial charge in [0.25, 0.3) is 0 Å². The van der Waals surface area contributed by atoms with Crippen LogP contribution >= 0.6 is 10.6 Å². The standard InChI is InChI=1S/C27H41NO4S/c1-6-8-16-27(17-9-7-2)19-33(30,31)24-15-12-21(28(3)4)18-23(24)25(26(27)29)20-10-13-22(32-5)14-11-20/h10-15,18,25-26,29-31H,6-9,16-17,19H2,1-5H3. The van der Waals surface area contributed by atoms with Gasteiger partial charge in [0.1, 0.15) is 5.75 Å². The van der Waals surface area contributed by atoms with Gasteiger partial charge in [-0.25, -0.2) is 0 Å². The second kappa shape index (κ2) is 10.7. The zero-order chi connectivity index (χ0) is 24.2. The molecule has 184 valence electrons. The van der Waals surface area contributed by atoms with E-state index in [9.17, 15) is 14.2 Å². The molecule has 0 aliphatic carbocycles. The molecule has 2 unspecified atom stereocenters. The Morgan fingerprint density at radius 2 is 1.61 bits per heavy atom. The van der Waals surface area contributed by atoms with Crippen molar-refractivity contribution in [1.29, 1.82) is 0 Å². The van der Waals surface area contributed by atoms with Crippen LogP contribution < -0.4 is 9.64 Å². The van der Waals surface area contributed by atoms with Crippen LogP contribution in [0.4, 0.5) is 5.69 Å². The van der Waals surface area contributed by atoms with Gasteiger partial charge < -0.3 is 14.7 Å². The zero-order valence-corrected chi connectivity index (χ0v) is 21.6. The van der Waals surface area contributed by atoms with Gasteiger partial charge in [0.05, 0.1) is 23.9 Å². The molecule has 1 heterocycles. The number of ether oxygens (including phenoxy) is 1. The molecule has 5 nitrogen and oxygen atoms in total. The number of fused-ring (bicyclic) bond motifs is 1. The predicted molar refractivity (Wildman–Crippen MR) is 139 cm³/mol. The molecule has 2 atom stereocenters. The molecular weight excluding hydrogens is 434 g/mol. The number of methoxy groups -OCH3 is 1. The van der Waals surface area contributed by atoms with E-state index in [0.717, 1.165) is 61.1 Å². The topological polar surface area (TPSA) is 73.2 Å². The number of rotatable bonds is 9. The lowest BCUT2D eigenvalue weighted by molar-refractivity contribution is 0.0119. The predicted octanol–water partition coefficient (Wildman–Crippen LogP) is 6.74. The second-order valence-corrected chi connectivity index (χ2v) is 11.8. The Morgan fingerprint density at radius 1 is 1.00 bits per heavy atom. The van der Waals surface area contributed by atoms with Crippen LogP contribution in [-0.4, -0.2) is 47.3 Å². The number of nitrogens with zero attached hydrogens (tertiary/aromatic N) is 1. The first-order chi connectivity index (χ1) is 15.7. The minimum atomic E-state index is -3.08. The van der Waals surface area contributed by atoms with Crippen LogP contribution in [0.3, 0.4) is 0 Å². The number of hydrogen-bond donors (Lipinski definition) is 3. The average molecular weight is 476 g/mol. The zero-order valence-electron chi connectivity index (χ0n) is 20.8. The summed E-state index contributed by atoms with van der Waals surface area (Å²) in [5.41, 5.74) is 2.19. The molecular formula is C27H41NO4S. The lowest BCUT2D eigenvalue weighted by Crippen LogP contribution is -2.42. The third kappa shape index (κ3) is 5.35. The van der Waals surface area contributed by atoms with E-state index >= 15 is 0 Å². The number of anilines is 1. The fraction of sp³-hybridized carbons (Fsp3) is 0.556. The van der Waals surface area contributed by atoms with Crippen LogP contribution in [0.25, 0.3) is 0 Å². The summed E-state index contributed by atoms with van der Waals surface area (Å²) in [5, 5.41) is 12.1. The van der Waals surface area contributed by atoms with Crippen LogP contribution in [0.2, 0.25) is 0 Å². The van der Waals surface area contributed by atoms with Crippen LogP contribution in [0, 0.1) is 5.41 Å². The van der Waals surface area contributed by atoms with Gasteiger partial charge in [-0.1, -0.05) is 51.7 Å². The highest BCUT2D eigenvalue weighted by Gasteiger charge is 2.49. The van der Waals surface area contributed by atoms with Crippen molar-refractivity contribution in [2.45, 2.75) is 69.3 Å². The van der Waals surface area contributed by atoms with Gasteiger partial charge in [-0.15, -0.1) is 0 Å². The quantitative estimate of drug-likeness (QED) is 0.374. The molecule has 0 saturated heterocycles. The second-order valence-electron chi connectivity index (χ2n) is 9.69. The molecule has 0 spiro atoms. The molecule has 0 aromatic heterocycles. The maximum atomic E-state index is 12.1. The smallest absolute Gasteiger partial charge is 0.118 e. The van der Waals surface area contributed by atoms with E-state index in [1.54, 1.807) is 7.11 Å². The summed E-state index contributed by atoms with van der Waals surface area (Å²) in [4.78, 5) is 2.58. The molecule has 0 bridgehead atoms. The van der Waals surface area contributed by atoms with E-state index in [1.165, 1.54) is 0 Å². The van der Waals surface area contributed by atoms with E-state index in [2.05, 4.69) is 13.8 Å². The number of benzene rings is 2. The Bertz CT molecular complexity index is 905. The Kier molecular flexibility index (Phi) is 8.38. The van der Waals surface area contributed by atoms with Gasteiger partial charge in [0.2, 0.25) is 0 Å². The number of aliphatic hydroxyl groups is 1. The fourth-order valence-electron chi connectivity index (χ4n) is 5.24. The number of hydrogen-bond acceptors (Lipinski definition) is 5. The average Bonchev–Trinajstić information content (AvgIpc) is 2.87. The summed E-state index contributed by atoms with van der Waals surface area (Å²) in [6.07, 6.45) is 4.74. The highest BCUT2D eigenvalue weighted by molar-refractivity contribution is 8.24. The molecule has 0 radical (unpaired) electrons. The van der Waals surface area contributed by atoms with Crippen LogP contribution in [0.15, 0.2) is 47.4 Å². The van der Waals surface area contributed by atoms with E-state index < -0.39 is 22.1 Å². The van der Waals surface area contributed by atoms with Gasteiger partial charge in [-0.05, 0) is 54.3 Å². The lowest BCUT2D eigenvalue weighted by atomic mass is 9.68. The first-order valence-electron chi connectivity index (χ1n) is 12.1. The van der Waals surface area contributed by atoms with Crippen molar-refractivity contribution < 1.29 is 18.9 Å². The summed E-state index contributed by atoms with van der Waals surface area (Å²) >= 11 is 0. The normalized spacial score (nSPS) is 22.2. The molecule has 6 heteroatoms. The Hall–Kier alpha value is -1.73. The summed E-state index contributed by atoms with van der Waals surface area (Å²) in [7, 11) is 2.51. The number of aliphatic hydroxyl groups excluding tert-OH is 1. The molecule has 3 rings (SSSR count). The number of unbranched alkanes of at least 4 members (excludes halogenated alkanes) is 2. The summed E-state index contributed by atoms with van der Waals surface area (Å²) < 4.78 is 28.4. The maximum absolute atomic E-state index is 12.1. The van der Waals surface area contributed by atoms with Crippen molar-refractivity contribution in [3.05, 3.63) is 53.6 Å². The third-order valence-corrected chi connectivity index (χ3v) is 9.21. The van der Waals surface area contributed by atoms with E-state index in [-0.39, 0.29) is 11.7 Å². The molecule has 3 N–H and O–H groups in total. The first-order valence-corrected chi connectivity index (χ1v) is 13.8. The largest absolute Gasteiger partial charge is 0.497 e.